The van der Waals surface area contributed by atoms with Crippen LogP contribution in [0.3, 0.4) is 0 Å². The van der Waals surface area contributed by atoms with E-state index >= 15 is 0 Å². The number of rotatable bonds is 7. The highest BCUT2D eigenvalue weighted by atomic mass is 35.5. The monoisotopic (exact) mass is 541 g/mol. The van der Waals surface area contributed by atoms with Gasteiger partial charge in [-0.1, -0.05) is 84.9 Å². The molecule has 1 aliphatic carbocycles. The average Bonchev–Trinajstić information content (AvgIpc) is 3.24. The van der Waals surface area contributed by atoms with Gasteiger partial charge in [0.2, 0.25) is 5.91 Å². The summed E-state index contributed by atoms with van der Waals surface area (Å²) in [5, 5.41) is 10.8. The lowest BCUT2D eigenvalue weighted by atomic mass is 9.78. The van der Waals surface area contributed by atoms with Crippen LogP contribution in [0.25, 0.3) is 0 Å². The van der Waals surface area contributed by atoms with Crippen LogP contribution in [0.15, 0.2) is 66.7 Å². The molecule has 1 saturated carbocycles. The predicted molar refractivity (Wildman–Crippen MR) is 147 cm³/mol. The maximum Gasteiger partial charge on any atom is 0.232 e. The molecule has 3 aromatic carbocycles. The zero-order valence-electron chi connectivity index (χ0n) is 20.6. The van der Waals surface area contributed by atoms with Gasteiger partial charge in [0.25, 0.3) is 0 Å². The molecule has 8 heteroatoms. The van der Waals surface area contributed by atoms with Gasteiger partial charge in [-0.3, -0.25) is 4.79 Å². The first-order chi connectivity index (χ1) is 17.9. The topological polar surface area (TPSA) is 62.4 Å². The molecule has 5 rings (SSSR count). The SMILES string of the molecule is COC(c1ccccc1)C1(C(C(=O)NC2CCCCC2)c2cccc(Cl)c2)Nc2cc(F)c(Cl)cc2N1. The van der Waals surface area contributed by atoms with Crippen molar-refractivity contribution in [1.82, 2.24) is 5.32 Å². The fourth-order valence-electron chi connectivity index (χ4n) is 5.71. The summed E-state index contributed by atoms with van der Waals surface area (Å²) in [7, 11) is 1.60. The normalized spacial score (nSPS) is 20.9. The Hall–Kier alpha value is -2.80. The smallest absolute Gasteiger partial charge is 0.232 e. The van der Waals surface area contributed by atoms with Crippen LogP contribution in [0.5, 0.6) is 0 Å². The molecule has 194 valence electrons. The van der Waals surface area contributed by atoms with Crippen LogP contribution in [0, 0.1) is 5.82 Å². The van der Waals surface area contributed by atoms with Gasteiger partial charge in [0, 0.05) is 24.2 Å². The molecule has 1 fully saturated rings. The molecule has 5 nitrogen and oxygen atoms in total. The van der Waals surface area contributed by atoms with E-state index in [1.807, 2.05) is 42.5 Å². The molecular formula is C29H30Cl2FN3O2. The quantitative estimate of drug-likeness (QED) is 0.294. The van der Waals surface area contributed by atoms with Gasteiger partial charge in [0.1, 0.15) is 17.8 Å². The number of hydrogen-bond donors (Lipinski definition) is 3. The van der Waals surface area contributed by atoms with Crippen LogP contribution in [0.1, 0.15) is 55.3 Å². The molecule has 1 aliphatic heterocycles. The molecule has 0 radical (unpaired) electrons. The molecule has 3 aromatic rings. The molecule has 1 heterocycles. The number of benzene rings is 3. The van der Waals surface area contributed by atoms with Gasteiger partial charge in [-0.25, -0.2) is 4.39 Å². The van der Waals surface area contributed by atoms with E-state index in [-0.39, 0.29) is 17.0 Å². The standard InChI is InChI=1S/C29H30Cl2FN3O2/c1-37-27(18-9-4-2-5-10-18)29(34-24-16-22(31)23(32)17-25(24)35-29)26(19-11-8-12-20(30)15-19)28(36)33-21-13-6-3-7-14-21/h2,4-5,8-12,15-17,21,26-27,34-35H,3,6-7,13-14H2,1H3,(H,33,36). The summed E-state index contributed by atoms with van der Waals surface area (Å²) in [5.41, 5.74) is 1.42. The van der Waals surface area contributed by atoms with Gasteiger partial charge in [-0.15, -0.1) is 0 Å². The molecule has 3 atom stereocenters. The van der Waals surface area contributed by atoms with Gasteiger partial charge in [0.15, 0.2) is 5.66 Å². The van der Waals surface area contributed by atoms with Crippen LogP contribution in [0.2, 0.25) is 10.0 Å². The summed E-state index contributed by atoms with van der Waals surface area (Å²) in [6.45, 7) is 0. The first kappa shape index (κ1) is 25.8. The third-order valence-electron chi connectivity index (χ3n) is 7.35. The van der Waals surface area contributed by atoms with Crippen molar-refractivity contribution in [3.8, 4) is 0 Å². The highest BCUT2D eigenvalue weighted by Crippen LogP contribution is 2.50. The van der Waals surface area contributed by atoms with Gasteiger partial charge in [-0.2, -0.15) is 0 Å². The minimum atomic E-state index is -1.22. The average molecular weight is 542 g/mol. The van der Waals surface area contributed by atoms with E-state index in [4.69, 9.17) is 27.9 Å². The zero-order valence-corrected chi connectivity index (χ0v) is 22.1. The van der Waals surface area contributed by atoms with Crippen molar-refractivity contribution in [2.45, 2.75) is 55.8 Å². The first-order valence-corrected chi connectivity index (χ1v) is 13.4. The number of methoxy groups -OCH3 is 1. The van der Waals surface area contributed by atoms with E-state index in [0.717, 1.165) is 31.2 Å². The predicted octanol–water partition coefficient (Wildman–Crippen LogP) is 7.29. The second-order valence-corrected chi connectivity index (χ2v) is 10.6. The molecule has 0 aromatic heterocycles. The van der Waals surface area contributed by atoms with Crippen molar-refractivity contribution in [2.75, 3.05) is 17.7 Å². The van der Waals surface area contributed by atoms with Crippen LogP contribution in [-0.4, -0.2) is 24.7 Å². The molecule has 0 spiro atoms. The fourth-order valence-corrected chi connectivity index (χ4v) is 6.07. The number of ether oxygens (including phenoxy) is 1. The van der Waals surface area contributed by atoms with Crippen molar-refractivity contribution < 1.29 is 13.9 Å². The summed E-state index contributed by atoms with van der Waals surface area (Å²) >= 11 is 12.6. The van der Waals surface area contributed by atoms with Gasteiger partial charge in [-0.05, 0) is 42.2 Å². The van der Waals surface area contributed by atoms with Crippen molar-refractivity contribution >= 4 is 40.5 Å². The molecule has 0 bridgehead atoms. The third-order valence-corrected chi connectivity index (χ3v) is 7.87. The maximum absolute atomic E-state index is 14.5. The van der Waals surface area contributed by atoms with Gasteiger partial charge >= 0.3 is 0 Å². The molecule has 3 N–H and O–H groups in total. The van der Waals surface area contributed by atoms with E-state index in [0.29, 0.717) is 22.0 Å². The number of nitrogens with one attached hydrogen (secondary N) is 3. The minimum absolute atomic E-state index is 0.0107. The molecule has 2 aliphatic rings. The number of hydrogen-bond acceptors (Lipinski definition) is 4. The Morgan fingerprint density at radius 2 is 1.65 bits per heavy atom. The summed E-state index contributed by atoms with van der Waals surface area (Å²) < 4.78 is 20.7. The number of anilines is 2. The minimum Gasteiger partial charge on any atom is -0.372 e. The van der Waals surface area contributed by atoms with Crippen LogP contribution < -0.4 is 16.0 Å². The van der Waals surface area contributed by atoms with Crippen LogP contribution in [-0.2, 0) is 9.53 Å². The second kappa shape index (κ2) is 10.9. The van der Waals surface area contributed by atoms with Crippen molar-refractivity contribution in [3.63, 3.8) is 0 Å². The van der Waals surface area contributed by atoms with E-state index in [9.17, 15) is 9.18 Å². The Bertz CT molecular complexity index is 1240. The molecule has 37 heavy (non-hydrogen) atoms. The maximum atomic E-state index is 14.5. The third kappa shape index (κ3) is 5.15. The Morgan fingerprint density at radius 1 is 0.973 bits per heavy atom. The molecule has 3 unspecified atom stereocenters. The van der Waals surface area contributed by atoms with Crippen molar-refractivity contribution in [1.29, 1.82) is 0 Å². The lowest BCUT2D eigenvalue weighted by Crippen LogP contribution is -2.58. The molecular weight excluding hydrogens is 512 g/mol. The Kier molecular flexibility index (Phi) is 7.61. The van der Waals surface area contributed by atoms with Crippen LogP contribution >= 0.6 is 23.2 Å². The van der Waals surface area contributed by atoms with Gasteiger partial charge < -0.3 is 20.7 Å². The van der Waals surface area contributed by atoms with Gasteiger partial charge in [0.05, 0.1) is 16.4 Å². The lowest BCUT2D eigenvalue weighted by Gasteiger charge is -2.44. The number of carbonyl (C=O) groups is 1. The number of halogens is 3. The van der Waals surface area contributed by atoms with E-state index in [2.05, 4.69) is 16.0 Å². The Morgan fingerprint density at radius 3 is 2.32 bits per heavy atom. The molecule has 1 amide bonds. The highest BCUT2D eigenvalue weighted by Gasteiger charge is 2.54. The number of fused-ring (bicyclic) bond motifs is 1. The largest absolute Gasteiger partial charge is 0.372 e. The summed E-state index contributed by atoms with van der Waals surface area (Å²) in [5.74, 6) is -1.51. The van der Waals surface area contributed by atoms with Crippen molar-refractivity contribution in [2.24, 2.45) is 0 Å². The Balaban J connectivity index is 1.67. The fraction of sp³-hybridized carbons (Fsp3) is 0.345. The Labute approximate surface area is 226 Å². The molecule has 0 saturated heterocycles. The van der Waals surface area contributed by atoms with Crippen LogP contribution in [0.4, 0.5) is 15.8 Å². The van der Waals surface area contributed by atoms with E-state index < -0.39 is 23.5 Å². The van der Waals surface area contributed by atoms with E-state index in [1.165, 1.54) is 18.6 Å². The first-order valence-electron chi connectivity index (χ1n) is 12.6. The summed E-state index contributed by atoms with van der Waals surface area (Å²) in [6.07, 6.45) is 4.58. The zero-order chi connectivity index (χ0) is 26.0. The summed E-state index contributed by atoms with van der Waals surface area (Å²) in [4.78, 5) is 14.3. The summed E-state index contributed by atoms with van der Waals surface area (Å²) in [6, 6.07) is 19.9. The van der Waals surface area contributed by atoms with E-state index in [1.54, 1.807) is 19.2 Å². The number of carbonyl (C=O) groups excluding carboxylic acids is 1. The van der Waals surface area contributed by atoms with Crippen molar-refractivity contribution in [3.05, 3.63) is 93.7 Å². The lowest BCUT2D eigenvalue weighted by molar-refractivity contribution is -0.126. The second-order valence-electron chi connectivity index (χ2n) is 9.79. The number of amides is 1. The highest BCUT2D eigenvalue weighted by molar-refractivity contribution is 6.31.